The molecular weight excluding hydrogens is 434 g/mol. The van der Waals surface area contributed by atoms with Gasteiger partial charge in [0.25, 0.3) is 16.1 Å². The molecule has 3 atom stereocenters. The number of piperidine rings is 2. The van der Waals surface area contributed by atoms with Crippen LogP contribution in [0.4, 0.5) is 0 Å². The Morgan fingerprint density at radius 2 is 1.86 bits per heavy atom. The maximum absolute atomic E-state index is 13.2. The molecule has 0 spiro atoms. The highest BCUT2D eigenvalue weighted by Gasteiger charge is 2.49. The Hall–Kier alpha value is -0.780. The van der Waals surface area contributed by atoms with Gasteiger partial charge in [-0.25, -0.2) is 0 Å². The van der Waals surface area contributed by atoms with Gasteiger partial charge in [-0.3, -0.25) is 4.79 Å². The zero-order valence-corrected chi connectivity index (χ0v) is 19.1. The highest BCUT2D eigenvalue weighted by molar-refractivity contribution is 7.86. The SMILES string of the molecule is CCc1cc(C(=O)N[C@H]2C[C@H]3CC[C@@H](C2)N3S(=O)(=O)N2CCC(N)CC2)ns1.Cl. The Balaban J connectivity index is 0.00000240. The number of amides is 1. The summed E-state index contributed by atoms with van der Waals surface area (Å²) in [7, 11) is -3.46. The second-order valence-corrected chi connectivity index (χ2v) is 10.9. The predicted octanol–water partition coefficient (Wildman–Crippen LogP) is 1.52. The Kier molecular flexibility index (Phi) is 7.23. The molecule has 4 heterocycles. The van der Waals surface area contributed by atoms with E-state index in [9.17, 15) is 13.2 Å². The van der Waals surface area contributed by atoms with Crippen molar-refractivity contribution in [2.45, 2.75) is 76.0 Å². The maximum Gasteiger partial charge on any atom is 0.282 e. The molecule has 3 N–H and O–H groups in total. The molecule has 3 aliphatic heterocycles. The average Bonchev–Trinajstić information content (AvgIpc) is 3.25. The van der Waals surface area contributed by atoms with E-state index in [1.165, 1.54) is 11.5 Å². The summed E-state index contributed by atoms with van der Waals surface area (Å²) in [5.74, 6) is -0.151. The molecule has 164 valence electrons. The Morgan fingerprint density at radius 1 is 1.24 bits per heavy atom. The fourth-order valence-corrected chi connectivity index (χ4v) is 7.43. The van der Waals surface area contributed by atoms with Crippen molar-refractivity contribution < 1.29 is 13.2 Å². The topological polar surface area (TPSA) is 109 Å². The number of hydrogen-bond donors (Lipinski definition) is 2. The number of nitrogens with one attached hydrogen (secondary N) is 1. The molecule has 1 aromatic heterocycles. The van der Waals surface area contributed by atoms with Crippen LogP contribution in [0.1, 0.15) is 60.8 Å². The molecule has 4 rings (SSSR count). The zero-order valence-electron chi connectivity index (χ0n) is 16.6. The first-order valence-electron chi connectivity index (χ1n) is 10.2. The monoisotopic (exact) mass is 463 g/mol. The van der Waals surface area contributed by atoms with E-state index in [2.05, 4.69) is 9.69 Å². The van der Waals surface area contributed by atoms with Crippen LogP contribution in [-0.2, 0) is 16.6 Å². The van der Waals surface area contributed by atoms with Crippen LogP contribution in [0.3, 0.4) is 0 Å². The number of carbonyl (C=O) groups excluding carboxylic acids is 1. The molecule has 1 aromatic rings. The summed E-state index contributed by atoms with van der Waals surface area (Å²) in [6.45, 7) is 3.05. The second kappa shape index (κ2) is 9.15. The van der Waals surface area contributed by atoms with E-state index in [-0.39, 0.29) is 42.5 Å². The summed E-state index contributed by atoms with van der Waals surface area (Å²) in [6, 6.07) is 1.87. The zero-order chi connectivity index (χ0) is 19.9. The van der Waals surface area contributed by atoms with Crippen molar-refractivity contribution in [3.63, 3.8) is 0 Å². The molecule has 0 aromatic carbocycles. The van der Waals surface area contributed by atoms with Gasteiger partial charge in [0.1, 0.15) is 5.69 Å². The number of nitrogens with zero attached hydrogens (tertiary/aromatic N) is 3. The molecule has 0 aliphatic carbocycles. The molecule has 3 saturated heterocycles. The average molecular weight is 464 g/mol. The predicted molar refractivity (Wildman–Crippen MR) is 116 cm³/mol. The molecule has 2 bridgehead atoms. The molecule has 3 fully saturated rings. The number of aromatic nitrogens is 1. The lowest BCUT2D eigenvalue weighted by Crippen LogP contribution is -2.57. The van der Waals surface area contributed by atoms with Crippen molar-refractivity contribution in [1.82, 2.24) is 18.3 Å². The maximum atomic E-state index is 13.2. The molecule has 1 amide bonds. The Bertz CT molecular complexity index is 811. The highest BCUT2D eigenvalue weighted by Crippen LogP contribution is 2.39. The van der Waals surface area contributed by atoms with Crippen LogP contribution in [-0.4, -0.2) is 64.6 Å². The number of nitrogens with two attached hydrogens (primary N) is 1. The van der Waals surface area contributed by atoms with Crippen molar-refractivity contribution >= 4 is 40.1 Å². The van der Waals surface area contributed by atoms with Gasteiger partial charge in [-0.15, -0.1) is 12.4 Å². The number of carbonyl (C=O) groups is 1. The number of rotatable bonds is 5. The molecule has 0 saturated carbocycles. The van der Waals surface area contributed by atoms with Crippen molar-refractivity contribution in [3.8, 4) is 0 Å². The van der Waals surface area contributed by atoms with E-state index < -0.39 is 10.2 Å². The molecule has 0 unspecified atom stereocenters. The van der Waals surface area contributed by atoms with Gasteiger partial charge in [0.05, 0.1) is 0 Å². The number of halogens is 1. The fraction of sp³-hybridized carbons (Fsp3) is 0.778. The van der Waals surface area contributed by atoms with Crippen molar-refractivity contribution in [2.24, 2.45) is 5.73 Å². The van der Waals surface area contributed by atoms with Crippen LogP contribution in [0, 0.1) is 0 Å². The van der Waals surface area contributed by atoms with E-state index in [1.54, 1.807) is 8.61 Å². The van der Waals surface area contributed by atoms with Gasteiger partial charge in [-0.1, -0.05) is 6.92 Å². The number of fused-ring (bicyclic) bond motifs is 2. The third-order valence-corrected chi connectivity index (χ3v) is 9.31. The molecule has 8 nitrogen and oxygen atoms in total. The largest absolute Gasteiger partial charge is 0.348 e. The quantitative estimate of drug-likeness (QED) is 0.688. The van der Waals surface area contributed by atoms with Crippen LogP contribution in [0.2, 0.25) is 0 Å². The van der Waals surface area contributed by atoms with E-state index in [4.69, 9.17) is 5.73 Å². The number of hydrogen-bond acceptors (Lipinski definition) is 6. The fourth-order valence-electron chi connectivity index (χ4n) is 4.71. The minimum atomic E-state index is -3.46. The lowest BCUT2D eigenvalue weighted by Gasteiger charge is -2.41. The van der Waals surface area contributed by atoms with Crippen molar-refractivity contribution in [3.05, 3.63) is 16.6 Å². The first-order chi connectivity index (χ1) is 13.4. The third-order valence-electron chi connectivity index (χ3n) is 6.23. The van der Waals surface area contributed by atoms with Crippen LogP contribution >= 0.6 is 23.9 Å². The highest BCUT2D eigenvalue weighted by atomic mass is 35.5. The van der Waals surface area contributed by atoms with Gasteiger partial charge in [0.2, 0.25) is 0 Å². The van der Waals surface area contributed by atoms with Gasteiger partial charge in [-0.2, -0.15) is 21.4 Å². The second-order valence-electron chi connectivity index (χ2n) is 8.13. The van der Waals surface area contributed by atoms with E-state index >= 15 is 0 Å². The third kappa shape index (κ3) is 4.62. The normalized spacial score (nSPS) is 28.8. The Labute approximate surface area is 183 Å². The summed E-state index contributed by atoms with van der Waals surface area (Å²) in [4.78, 5) is 13.6. The summed E-state index contributed by atoms with van der Waals surface area (Å²) in [5.41, 5.74) is 6.40. The van der Waals surface area contributed by atoms with Crippen LogP contribution < -0.4 is 11.1 Å². The van der Waals surface area contributed by atoms with Gasteiger partial charge < -0.3 is 11.1 Å². The van der Waals surface area contributed by atoms with Gasteiger partial charge >= 0.3 is 0 Å². The summed E-state index contributed by atoms with van der Waals surface area (Å²) in [5, 5.41) is 3.08. The van der Waals surface area contributed by atoms with Gasteiger partial charge in [0, 0.05) is 42.1 Å². The summed E-state index contributed by atoms with van der Waals surface area (Å²) >= 11 is 1.36. The first kappa shape index (κ1) is 22.9. The Morgan fingerprint density at radius 3 is 2.41 bits per heavy atom. The minimum absolute atomic E-state index is 0. The molecule has 0 radical (unpaired) electrons. The van der Waals surface area contributed by atoms with E-state index in [0.717, 1.165) is 24.1 Å². The molecular formula is C18H30ClN5O3S2. The molecule has 29 heavy (non-hydrogen) atoms. The van der Waals surface area contributed by atoms with Crippen LogP contribution in [0.5, 0.6) is 0 Å². The lowest BCUT2D eigenvalue weighted by molar-refractivity contribution is 0.0903. The lowest BCUT2D eigenvalue weighted by atomic mass is 9.99. The van der Waals surface area contributed by atoms with E-state index in [0.29, 0.717) is 44.5 Å². The summed E-state index contributed by atoms with van der Waals surface area (Å²) < 4.78 is 34.0. The first-order valence-corrected chi connectivity index (χ1v) is 12.4. The van der Waals surface area contributed by atoms with Crippen molar-refractivity contribution in [1.29, 1.82) is 0 Å². The van der Waals surface area contributed by atoms with Gasteiger partial charge in [0.15, 0.2) is 0 Å². The van der Waals surface area contributed by atoms with Crippen LogP contribution in [0.25, 0.3) is 0 Å². The smallest absolute Gasteiger partial charge is 0.282 e. The van der Waals surface area contributed by atoms with E-state index in [1.807, 2.05) is 13.0 Å². The minimum Gasteiger partial charge on any atom is -0.348 e. The molecule has 3 aliphatic rings. The van der Waals surface area contributed by atoms with Gasteiger partial charge in [-0.05, 0) is 62.5 Å². The molecule has 11 heteroatoms. The standard InChI is InChI=1S/C18H29N5O3S2.ClH/c1-2-16-11-17(21-27-16)18(24)20-13-9-14-3-4-15(10-13)23(14)28(25,26)22-7-5-12(19)6-8-22;/h11-15H,2-10,19H2,1H3,(H,20,24);1H/t13-,14+,15-;. The number of aryl methyl sites for hydroxylation is 1. The van der Waals surface area contributed by atoms with Crippen molar-refractivity contribution in [2.75, 3.05) is 13.1 Å². The summed E-state index contributed by atoms with van der Waals surface area (Å²) in [6.07, 6.45) is 5.36. The van der Waals surface area contributed by atoms with Crippen LogP contribution in [0.15, 0.2) is 6.07 Å².